The normalized spacial score (nSPS) is 24.6. The zero-order chi connectivity index (χ0) is 36.2. The number of hydrogen-bond acceptors (Lipinski definition) is 14. The molecule has 8 aliphatic heterocycles. The molecular formula is C40H34N2O12. The molecule has 4 atom stereocenters. The van der Waals surface area contributed by atoms with Crippen molar-refractivity contribution in [2.24, 2.45) is 0 Å². The predicted molar refractivity (Wildman–Crippen MR) is 185 cm³/mol. The Morgan fingerprint density at radius 2 is 0.870 bits per heavy atom. The van der Waals surface area contributed by atoms with Gasteiger partial charge < -0.3 is 47.4 Å². The summed E-state index contributed by atoms with van der Waals surface area (Å²) >= 11 is 0. The number of ether oxygens (including phenoxy) is 10. The van der Waals surface area contributed by atoms with Crippen LogP contribution < -0.4 is 37.9 Å². The Bertz CT molecular complexity index is 2130. The first-order valence-corrected chi connectivity index (χ1v) is 17.9. The van der Waals surface area contributed by atoms with Gasteiger partial charge >= 0.3 is 11.9 Å². The van der Waals surface area contributed by atoms with Crippen LogP contribution in [-0.4, -0.2) is 76.1 Å². The van der Waals surface area contributed by atoms with Crippen LogP contribution in [0.25, 0.3) is 0 Å². The highest BCUT2D eigenvalue weighted by Crippen LogP contribution is 2.53. The van der Waals surface area contributed by atoms with Gasteiger partial charge in [-0.05, 0) is 85.6 Å². The monoisotopic (exact) mass is 734 g/mol. The first kappa shape index (κ1) is 31.6. The number of carbonyl (C=O) groups excluding carboxylic acids is 2. The number of esters is 2. The third-order valence-corrected chi connectivity index (χ3v) is 11.5. The molecular weight excluding hydrogens is 700 g/mol. The third-order valence-electron chi connectivity index (χ3n) is 11.5. The lowest BCUT2D eigenvalue weighted by Gasteiger charge is -2.37. The van der Waals surface area contributed by atoms with E-state index < -0.39 is 12.2 Å². The number of fused-ring (bicyclic) bond motifs is 10. The molecule has 8 heterocycles. The maximum atomic E-state index is 12.7. The Labute approximate surface area is 308 Å². The van der Waals surface area contributed by atoms with Gasteiger partial charge in [-0.2, -0.15) is 0 Å². The molecule has 54 heavy (non-hydrogen) atoms. The van der Waals surface area contributed by atoms with Crippen LogP contribution in [0.15, 0.2) is 48.5 Å². The number of cyclic esters (lactones) is 2. The highest BCUT2D eigenvalue weighted by atomic mass is 16.7. The molecule has 0 N–H and O–H groups in total. The zero-order valence-corrected chi connectivity index (χ0v) is 29.4. The molecule has 276 valence electrons. The molecule has 8 aliphatic rings. The molecule has 0 bridgehead atoms. The van der Waals surface area contributed by atoms with E-state index in [-0.39, 0.29) is 51.2 Å². The van der Waals surface area contributed by atoms with Gasteiger partial charge in [-0.15, -0.1) is 0 Å². The van der Waals surface area contributed by atoms with Crippen molar-refractivity contribution in [3.63, 3.8) is 0 Å². The van der Waals surface area contributed by atoms with Crippen LogP contribution in [0.5, 0.6) is 46.0 Å². The average molecular weight is 735 g/mol. The summed E-state index contributed by atoms with van der Waals surface area (Å²) in [7, 11) is 4.11. The number of hydrogen-bond donors (Lipinski definition) is 0. The minimum absolute atomic E-state index is 0.103. The number of benzene rings is 4. The molecule has 0 radical (unpaired) electrons. The van der Waals surface area contributed by atoms with E-state index in [1.165, 1.54) is 11.1 Å². The molecule has 14 heteroatoms. The second-order valence-electron chi connectivity index (χ2n) is 14.3. The van der Waals surface area contributed by atoms with E-state index in [0.717, 1.165) is 71.2 Å². The Morgan fingerprint density at radius 1 is 0.481 bits per heavy atom. The number of nitrogens with zero attached hydrogens (tertiary/aromatic N) is 2. The van der Waals surface area contributed by atoms with Crippen molar-refractivity contribution in [1.82, 2.24) is 9.80 Å². The Hall–Kier alpha value is -5.86. The Morgan fingerprint density at radius 3 is 1.31 bits per heavy atom. The smallest absolute Gasteiger partial charge is 0.343 e. The minimum Gasteiger partial charge on any atom is -0.454 e. The van der Waals surface area contributed by atoms with Crippen molar-refractivity contribution >= 4 is 11.9 Å². The quantitative estimate of drug-likeness (QED) is 0.251. The van der Waals surface area contributed by atoms with Gasteiger partial charge in [-0.25, -0.2) is 9.59 Å². The number of likely N-dealkylation sites (N-methyl/N-ethyl adjacent to an activating group) is 2. The fourth-order valence-electron chi connectivity index (χ4n) is 8.93. The van der Waals surface area contributed by atoms with Gasteiger partial charge in [0.2, 0.25) is 27.2 Å². The second-order valence-corrected chi connectivity index (χ2v) is 14.3. The summed E-state index contributed by atoms with van der Waals surface area (Å²) in [6, 6.07) is 15.5. The van der Waals surface area contributed by atoms with Gasteiger partial charge in [0.05, 0.1) is 12.1 Å². The summed E-state index contributed by atoms with van der Waals surface area (Å²) in [5.74, 6) is 4.48. The van der Waals surface area contributed by atoms with Crippen LogP contribution in [0.1, 0.15) is 78.4 Å². The van der Waals surface area contributed by atoms with E-state index in [4.69, 9.17) is 47.4 Å². The van der Waals surface area contributed by atoms with E-state index in [0.29, 0.717) is 34.1 Å². The Kier molecular flexibility index (Phi) is 6.93. The Balaban J connectivity index is 0.000000126. The zero-order valence-electron chi connectivity index (χ0n) is 29.4. The molecule has 12 rings (SSSR count). The lowest BCUT2D eigenvalue weighted by Crippen LogP contribution is -2.36. The molecule has 0 aliphatic carbocycles. The van der Waals surface area contributed by atoms with Crippen molar-refractivity contribution in [3.8, 4) is 46.0 Å². The molecule has 0 saturated heterocycles. The predicted octanol–water partition coefficient (Wildman–Crippen LogP) is 5.17. The summed E-state index contributed by atoms with van der Waals surface area (Å²) < 4.78 is 55.8. The van der Waals surface area contributed by atoms with Crippen LogP contribution in [0.2, 0.25) is 0 Å². The van der Waals surface area contributed by atoms with Crippen LogP contribution >= 0.6 is 0 Å². The molecule has 0 spiro atoms. The van der Waals surface area contributed by atoms with Crippen LogP contribution in [-0.2, 0) is 22.3 Å². The van der Waals surface area contributed by atoms with Crippen molar-refractivity contribution in [3.05, 3.63) is 93.0 Å². The molecule has 4 aromatic carbocycles. The maximum Gasteiger partial charge on any atom is 0.343 e. The van der Waals surface area contributed by atoms with Gasteiger partial charge in [0.25, 0.3) is 0 Å². The first-order chi connectivity index (χ1) is 26.4. The standard InChI is InChI=1S/2C20H17NO6/c2*1-21-5-4-10-6-14-15(25-8-24-14)7-12(10)17(21)18-11-2-3-13-19(26-9-23-13)16(11)20(22)27-18/h2*2-3,6-7,17-18H,4-5,8-9H2,1H3/t2*17-,18+/m00/s1. The van der Waals surface area contributed by atoms with E-state index in [1.54, 1.807) is 0 Å². The van der Waals surface area contributed by atoms with Crippen molar-refractivity contribution in [1.29, 1.82) is 0 Å². The fraction of sp³-hybridized carbons (Fsp3) is 0.350. The average Bonchev–Trinajstić information content (AvgIpc) is 4.03. The second kappa shape index (κ2) is 11.8. The van der Waals surface area contributed by atoms with Gasteiger partial charge in [0.1, 0.15) is 23.3 Å². The fourth-order valence-corrected chi connectivity index (χ4v) is 8.93. The number of carbonyl (C=O) groups is 2. The highest BCUT2D eigenvalue weighted by Gasteiger charge is 2.47. The molecule has 0 unspecified atom stereocenters. The summed E-state index contributed by atoms with van der Waals surface area (Å²) in [5, 5.41) is 0. The summed E-state index contributed by atoms with van der Waals surface area (Å²) in [5.41, 5.74) is 7.26. The van der Waals surface area contributed by atoms with Crippen LogP contribution in [0, 0.1) is 0 Å². The SMILES string of the molecule is CN1CCc2cc3c(cc2[C@H]1[C@@H]1OC(=O)c2c1ccc1c2OCO1)OCO3.CN1CCc2cc3c(cc2[C@H]1[C@@H]1OC(=O)c2c1ccc1c2OCO1)OCO3. The molecule has 0 aromatic heterocycles. The van der Waals surface area contributed by atoms with Gasteiger partial charge in [-0.1, -0.05) is 12.1 Å². The molecule has 0 saturated carbocycles. The lowest BCUT2D eigenvalue weighted by molar-refractivity contribution is 0.00859. The van der Waals surface area contributed by atoms with Crippen molar-refractivity contribution < 1.29 is 57.0 Å². The summed E-state index contributed by atoms with van der Waals surface area (Å²) in [4.78, 5) is 29.8. The van der Waals surface area contributed by atoms with E-state index in [1.807, 2.05) is 36.4 Å². The van der Waals surface area contributed by atoms with Crippen molar-refractivity contribution in [2.45, 2.75) is 37.1 Å². The van der Waals surface area contributed by atoms with Gasteiger partial charge in [-0.3, -0.25) is 9.80 Å². The highest BCUT2D eigenvalue weighted by molar-refractivity contribution is 5.99. The molecule has 14 nitrogen and oxygen atoms in total. The number of rotatable bonds is 2. The largest absolute Gasteiger partial charge is 0.454 e. The first-order valence-electron chi connectivity index (χ1n) is 17.9. The summed E-state index contributed by atoms with van der Waals surface area (Å²) in [6.45, 7) is 2.46. The van der Waals surface area contributed by atoms with Crippen LogP contribution in [0.4, 0.5) is 0 Å². The topological polar surface area (TPSA) is 133 Å². The maximum absolute atomic E-state index is 12.7. The third kappa shape index (κ3) is 4.65. The van der Waals surface area contributed by atoms with Gasteiger partial charge in [0, 0.05) is 24.2 Å². The summed E-state index contributed by atoms with van der Waals surface area (Å²) in [6.07, 6.45) is 0.999. The van der Waals surface area contributed by atoms with Gasteiger partial charge in [0.15, 0.2) is 46.0 Å². The minimum atomic E-state index is -0.411. The van der Waals surface area contributed by atoms with E-state index in [9.17, 15) is 9.59 Å². The van der Waals surface area contributed by atoms with E-state index in [2.05, 4.69) is 36.0 Å². The molecule has 0 fully saturated rings. The lowest BCUT2D eigenvalue weighted by atomic mass is 9.86. The van der Waals surface area contributed by atoms with Crippen LogP contribution in [0.3, 0.4) is 0 Å². The van der Waals surface area contributed by atoms with E-state index >= 15 is 0 Å². The van der Waals surface area contributed by atoms with Crippen molar-refractivity contribution in [2.75, 3.05) is 54.4 Å². The molecule has 4 aromatic rings. The molecule has 0 amide bonds.